The maximum absolute atomic E-state index is 13.5. The molecule has 1 aliphatic rings. The van der Waals surface area contributed by atoms with Crippen LogP contribution < -0.4 is 5.56 Å². The molecule has 4 heterocycles. The van der Waals surface area contributed by atoms with Gasteiger partial charge in [0.05, 0.1) is 17.1 Å². The number of aromatic nitrogens is 5. The van der Waals surface area contributed by atoms with Gasteiger partial charge in [0.25, 0.3) is 5.56 Å². The summed E-state index contributed by atoms with van der Waals surface area (Å²) in [6.07, 6.45) is 5.22. The molecule has 4 aromatic heterocycles. The Morgan fingerprint density at radius 2 is 1.88 bits per heavy atom. The number of rotatable bonds is 5. The van der Waals surface area contributed by atoms with E-state index in [0.29, 0.717) is 22.9 Å². The molecular formula is C26H24ClN5O2. The molecule has 34 heavy (non-hydrogen) atoms. The number of aryl methyl sites for hydroxylation is 2. The predicted molar refractivity (Wildman–Crippen MR) is 130 cm³/mol. The van der Waals surface area contributed by atoms with E-state index in [4.69, 9.17) is 11.6 Å². The topological polar surface area (TPSA) is 93.8 Å². The van der Waals surface area contributed by atoms with Crippen molar-refractivity contribution in [1.29, 1.82) is 0 Å². The van der Waals surface area contributed by atoms with Gasteiger partial charge in [-0.15, -0.1) is 0 Å². The summed E-state index contributed by atoms with van der Waals surface area (Å²) in [6.45, 7) is 5.42. The Hall–Kier alpha value is -3.42. The largest absolute Gasteiger partial charge is 0.385 e. The van der Waals surface area contributed by atoms with Crippen molar-refractivity contribution >= 4 is 11.6 Å². The van der Waals surface area contributed by atoms with E-state index in [-0.39, 0.29) is 22.4 Å². The smallest absolute Gasteiger partial charge is 0.274 e. The van der Waals surface area contributed by atoms with Gasteiger partial charge >= 0.3 is 0 Å². The number of halogens is 1. The predicted octanol–water partition coefficient (Wildman–Crippen LogP) is 4.68. The number of hydrogen-bond donors (Lipinski definition) is 1. The highest BCUT2D eigenvalue weighted by molar-refractivity contribution is 6.31. The first-order valence-electron chi connectivity index (χ1n) is 11.2. The molecule has 1 saturated carbocycles. The molecule has 5 rings (SSSR count). The van der Waals surface area contributed by atoms with E-state index in [9.17, 15) is 9.90 Å². The van der Waals surface area contributed by atoms with E-state index in [2.05, 4.69) is 19.9 Å². The summed E-state index contributed by atoms with van der Waals surface area (Å²) < 4.78 is 1.63. The van der Waals surface area contributed by atoms with Gasteiger partial charge in [0.15, 0.2) is 5.82 Å². The lowest BCUT2D eigenvalue weighted by Gasteiger charge is -2.16. The first kappa shape index (κ1) is 22.4. The fourth-order valence-electron chi connectivity index (χ4n) is 4.38. The minimum absolute atomic E-state index is 0.192. The molecule has 0 aromatic carbocycles. The highest BCUT2D eigenvalue weighted by Crippen LogP contribution is 2.55. The zero-order chi connectivity index (χ0) is 24.0. The first-order valence-corrected chi connectivity index (χ1v) is 11.5. The van der Waals surface area contributed by atoms with Gasteiger partial charge in [-0.3, -0.25) is 19.3 Å². The minimum Gasteiger partial charge on any atom is -0.385 e. The Morgan fingerprint density at radius 3 is 2.62 bits per heavy atom. The third kappa shape index (κ3) is 4.02. The van der Waals surface area contributed by atoms with E-state index < -0.39 is 6.10 Å². The lowest BCUT2D eigenvalue weighted by atomic mass is 10.1. The van der Waals surface area contributed by atoms with E-state index >= 15 is 0 Å². The Morgan fingerprint density at radius 1 is 1.06 bits per heavy atom. The third-order valence-corrected chi connectivity index (χ3v) is 6.62. The molecule has 172 valence electrons. The molecule has 0 bridgehead atoms. The number of nitrogens with zero attached hydrogens (tertiary/aromatic N) is 5. The molecular weight excluding hydrogens is 450 g/mol. The summed E-state index contributed by atoms with van der Waals surface area (Å²) in [5.41, 5.74) is 5.11. The van der Waals surface area contributed by atoms with Crippen LogP contribution in [0.4, 0.5) is 0 Å². The molecule has 1 fully saturated rings. The average molecular weight is 474 g/mol. The maximum Gasteiger partial charge on any atom is 0.274 e. The van der Waals surface area contributed by atoms with Gasteiger partial charge in [-0.1, -0.05) is 17.7 Å². The van der Waals surface area contributed by atoms with E-state index in [1.54, 1.807) is 36.1 Å². The molecule has 0 spiro atoms. The quantitative estimate of drug-likeness (QED) is 0.452. The molecule has 1 aliphatic carbocycles. The molecule has 0 radical (unpaired) electrons. The molecule has 3 unspecified atom stereocenters. The van der Waals surface area contributed by atoms with Crippen LogP contribution in [0.1, 0.15) is 59.6 Å². The Balaban J connectivity index is 1.55. The SMILES string of the molecule is Cc1cnc(-c2ccnc(C(C)O)n2)cc1-n1c(C)cc(C2CC2c2ccccn2)c(Cl)c1=O. The van der Waals surface area contributed by atoms with Crippen molar-refractivity contribution in [1.82, 2.24) is 24.5 Å². The van der Waals surface area contributed by atoms with Crippen LogP contribution in [0, 0.1) is 13.8 Å². The van der Waals surface area contributed by atoms with Crippen molar-refractivity contribution in [3.63, 3.8) is 0 Å². The fraction of sp³-hybridized carbons (Fsp3) is 0.269. The molecule has 0 amide bonds. The Kier molecular flexibility index (Phi) is 5.75. The second-order valence-electron chi connectivity index (χ2n) is 8.73. The summed E-state index contributed by atoms with van der Waals surface area (Å²) in [7, 11) is 0. The molecule has 0 aliphatic heterocycles. The van der Waals surface area contributed by atoms with Gasteiger partial charge in [-0.05, 0) is 74.6 Å². The van der Waals surface area contributed by atoms with Gasteiger partial charge in [-0.25, -0.2) is 9.97 Å². The van der Waals surface area contributed by atoms with Gasteiger partial charge in [0, 0.05) is 35.9 Å². The van der Waals surface area contributed by atoms with Crippen LogP contribution in [0.3, 0.4) is 0 Å². The average Bonchev–Trinajstić information content (AvgIpc) is 3.64. The second-order valence-corrected chi connectivity index (χ2v) is 9.11. The summed E-state index contributed by atoms with van der Waals surface area (Å²) in [5, 5.41) is 10.1. The van der Waals surface area contributed by atoms with Gasteiger partial charge in [-0.2, -0.15) is 0 Å². The van der Waals surface area contributed by atoms with E-state index in [1.807, 2.05) is 44.2 Å². The van der Waals surface area contributed by atoms with Gasteiger partial charge in [0.2, 0.25) is 0 Å². The summed E-state index contributed by atoms with van der Waals surface area (Å²) in [6, 6.07) is 11.5. The third-order valence-electron chi connectivity index (χ3n) is 6.24. The standard InChI is InChI=1S/C26H24ClN5O2/c1-14-13-30-22(21-7-9-29-25(31-21)16(3)33)12-23(14)32-15(2)10-19(24(27)26(32)34)17-11-18(17)20-6-4-5-8-28-20/h4-10,12-13,16-18,33H,11H2,1-3H3. The Bertz CT molecular complexity index is 1440. The maximum atomic E-state index is 13.5. The summed E-state index contributed by atoms with van der Waals surface area (Å²) >= 11 is 6.65. The van der Waals surface area contributed by atoms with Crippen LogP contribution in [-0.2, 0) is 0 Å². The van der Waals surface area contributed by atoms with Crippen molar-refractivity contribution in [2.75, 3.05) is 0 Å². The number of aliphatic hydroxyl groups excluding tert-OH is 1. The number of pyridine rings is 3. The molecule has 3 atom stereocenters. The van der Waals surface area contributed by atoms with Gasteiger partial charge in [0.1, 0.15) is 11.1 Å². The molecule has 1 N–H and O–H groups in total. The second kappa shape index (κ2) is 8.74. The fourth-order valence-corrected chi connectivity index (χ4v) is 4.66. The molecule has 7 nitrogen and oxygen atoms in total. The number of aliphatic hydroxyl groups is 1. The van der Waals surface area contributed by atoms with Crippen LogP contribution in [-0.4, -0.2) is 29.6 Å². The minimum atomic E-state index is -0.793. The van der Waals surface area contributed by atoms with Crippen molar-refractivity contribution in [2.24, 2.45) is 0 Å². The lowest BCUT2D eigenvalue weighted by Crippen LogP contribution is -2.23. The lowest BCUT2D eigenvalue weighted by molar-refractivity contribution is 0.189. The molecule has 0 saturated heterocycles. The van der Waals surface area contributed by atoms with Crippen molar-refractivity contribution in [3.8, 4) is 17.1 Å². The first-order chi connectivity index (χ1) is 16.3. The van der Waals surface area contributed by atoms with Gasteiger partial charge < -0.3 is 5.11 Å². The zero-order valence-corrected chi connectivity index (χ0v) is 19.9. The normalized spacial score (nSPS) is 18.0. The summed E-state index contributed by atoms with van der Waals surface area (Å²) in [5.74, 6) is 0.787. The van der Waals surface area contributed by atoms with E-state index in [0.717, 1.165) is 28.9 Å². The summed E-state index contributed by atoms with van der Waals surface area (Å²) in [4.78, 5) is 30.9. The van der Waals surface area contributed by atoms with Crippen LogP contribution in [0.2, 0.25) is 5.02 Å². The molecule has 4 aromatic rings. The molecule has 8 heteroatoms. The highest BCUT2D eigenvalue weighted by Gasteiger charge is 2.42. The van der Waals surface area contributed by atoms with Crippen LogP contribution in [0.25, 0.3) is 17.1 Å². The zero-order valence-electron chi connectivity index (χ0n) is 19.1. The van der Waals surface area contributed by atoms with Crippen LogP contribution in [0.15, 0.2) is 59.8 Å². The van der Waals surface area contributed by atoms with Crippen molar-refractivity contribution < 1.29 is 5.11 Å². The van der Waals surface area contributed by atoms with E-state index in [1.165, 1.54) is 0 Å². The monoisotopic (exact) mass is 473 g/mol. The number of hydrogen-bond acceptors (Lipinski definition) is 6. The van der Waals surface area contributed by atoms with Crippen molar-refractivity contribution in [3.05, 3.63) is 98.7 Å². The highest BCUT2D eigenvalue weighted by atomic mass is 35.5. The van der Waals surface area contributed by atoms with Crippen LogP contribution in [0.5, 0.6) is 0 Å². The Labute approximate surface area is 202 Å². The van der Waals surface area contributed by atoms with Crippen molar-refractivity contribution in [2.45, 2.75) is 45.1 Å². The van der Waals surface area contributed by atoms with Crippen LogP contribution >= 0.6 is 11.6 Å².